The van der Waals surface area contributed by atoms with Crippen LogP contribution in [0.5, 0.6) is 0 Å². The van der Waals surface area contributed by atoms with Gasteiger partial charge in [-0.3, -0.25) is 8.37 Å². The molecule has 0 amide bonds. The standard InChI is InChI=1S/C2H2O8S.Na.H/c3-1(4)9-11(7,8)10-2(5)6;;/h(H,3,4)(H,5,6);;. The molecule has 0 aromatic rings. The van der Waals surface area contributed by atoms with Gasteiger partial charge >= 0.3 is 52.3 Å². The molecular weight excluding hydrogens is 207 g/mol. The molecule has 0 bridgehead atoms. The molecule has 0 rings (SSSR count). The molecule has 0 saturated carbocycles. The predicted octanol–water partition coefficient (Wildman–Crippen LogP) is -1.03. The first-order chi connectivity index (χ1) is 4.83. The van der Waals surface area contributed by atoms with Crippen LogP contribution in [-0.4, -0.2) is 60.5 Å². The number of rotatable bonds is 2. The SMILES string of the molecule is O=C(O)OS(=O)(=O)OC(=O)O.[NaH]. The second-order valence-corrected chi connectivity index (χ2v) is 2.26. The van der Waals surface area contributed by atoms with E-state index >= 15 is 0 Å². The fourth-order valence-electron chi connectivity index (χ4n) is 0.192. The fourth-order valence-corrected chi connectivity index (χ4v) is 0.575. The summed E-state index contributed by atoms with van der Waals surface area (Å²) in [6, 6.07) is 0. The predicted molar refractivity (Wildman–Crippen MR) is 34.3 cm³/mol. The third-order valence-corrected chi connectivity index (χ3v) is 1.04. The first-order valence-electron chi connectivity index (χ1n) is 1.93. The van der Waals surface area contributed by atoms with Crippen LogP contribution in [0.2, 0.25) is 0 Å². The van der Waals surface area contributed by atoms with Crippen molar-refractivity contribution >= 4 is 52.3 Å². The summed E-state index contributed by atoms with van der Waals surface area (Å²) < 4.78 is 26.2. The van der Waals surface area contributed by atoms with E-state index in [0.29, 0.717) is 0 Å². The molecule has 0 radical (unpaired) electrons. The van der Waals surface area contributed by atoms with E-state index in [1.165, 1.54) is 0 Å². The van der Waals surface area contributed by atoms with E-state index in [0.717, 1.165) is 0 Å². The van der Waals surface area contributed by atoms with Crippen molar-refractivity contribution in [3.05, 3.63) is 0 Å². The molecule has 12 heavy (non-hydrogen) atoms. The molecule has 8 nitrogen and oxygen atoms in total. The molecule has 0 spiro atoms. The first kappa shape index (κ1) is 14.0. The van der Waals surface area contributed by atoms with Gasteiger partial charge in [0.1, 0.15) is 0 Å². The summed E-state index contributed by atoms with van der Waals surface area (Å²) in [5, 5.41) is 15.4. The second kappa shape index (κ2) is 5.19. The molecule has 0 aromatic heterocycles. The molecule has 0 aliphatic rings. The van der Waals surface area contributed by atoms with Crippen LogP contribution < -0.4 is 0 Å². The van der Waals surface area contributed by atoms with Crippen molar-refractivity contribution in [2.24, 2.45) is 0 Å². The first-order valence-corrected chi connectivity index (χ1v) is 3.26. The minimum absolute atomic E-state index is 0. The van der Waals surface area contributed by atoms with Crippen molar-refractivity contribution in [3.63, 3.8) is 0 Å². The van der Waals surface area contributed by atoms with E-state index in [4.69, 9.17) is 10.2 Å². The van der Waals surface area contributed by atoms with E-state index in [9.17, 15) is 18.0 Å². The van der Waals surface area contributed by atoms with E-state index in [1.54, 1.807) is 0 Å². The molecule has 0 saturated heterocycles. The molecule has 0 fully saturated rings. The van der Waals surface area contributed by atoms with Gasteiger partial charge in [-0.25, -0.2) is 9.59 Å². The Bertz CT molecular complexity index is 243. The van der Waals surface area contributed by atoms with Crippen LogP contribution in [0.1, 0.15) is 0 Å². The van der Waals surface area contributed by atoms with Crippen LogP contribution in [-0.2, 0) is 18.8 Å². The van der Waals surface area contributed by atoms with Gasteiger partial charge in [0.05, 0.1) is 0 Å². The van der Waals surface area contributed by atoms with Gasteiger partial charge in [0.25, 0.3) is 0 Å². The Hall–Kier alpha value is -0.510. The summed E-state index contributed by atoms with van der Waals surface area (Å²) in [5.41, 5.74) is 0. The monoisotopic (exact) mass is 210 g/mol. The average molecular weight is 210 g/mol. The van der Waals surface area contributed by atoms with Crippen LogP contribution in [0.15, 0.2) is 0 Å². The Morgan fingerprint density at radius 3 is 1.42 bits per heavy atom. The molecule has 2 N–H and O–H groups in total. The Morgan fingerprint density at radius 1 is 1.00 bits per heavy atom. The van der Waals surface area contributed by atoms with Gasteiger partial charge in [-0.05, 0) is 0 Å². The fraction of sp³-hybridized carbons (Fsp3) is 0. The summed E-state index contributed by atoms with van der Waals surface area (Å²) in [6.07, 6.45) is -4.35. The van der Waals surface area contributed by atoms with Gasteiger partial charge in [-0.15, -0.1) is 8.42 Å². The van der Waals surface area contributed by atoms with E-state index in [-0.39, 0.29) is 29.6 Å². The van der Waals surface area contributed by atoms with Crippen LogP contribution in [0.4, 0.5) is 9.59 Å². The summed E-state index contributed by atoms with van der Waals surface area (Å²) >= 11 is 0. The van der Waals surface area contributed by atoms with E-state index < -0.39 is 22.7 Å². The maximum absolute atomic E-state index is 10.0. The molecule has 0 atom stereocenters. The van der Waals surface area contributed by atoms with Crippen LogP contribution in [0.25, 0.3) is 0 Å². The molecule has 10 heteroatoms. The molecular formula is C2H3NaO8S. The Labute approximate surface area is 88.7 Å². The third kappa shape index (κ3) is 7.60. The second-order valence-electron chi connectivity index (χ2n) is 1.11. The topological polar surface area (TPSA) is 127 Å². The van der Waals surface area contributed by atoms with Gasteiger partial charge < -0.3 is 10.2 Å². The van der Waals surface area contributed by atoms with Gasteiger partial charge in [0.15, 0.2) is 0 Å². The van der Waals surface area contributed by atoms with Gasteiger partial charge in [0.2, 0.25) is 0 Å². The molecule has 0 aliphatic carbocycles. The zero-order valence-electron chi connectivity index (χ0n) is 4.75. The van der Waals surface area contributed by atoms with Crippen molar-refractivity contribution in [3.8, 4) is 0 Å². The number of carboxylic acid groups (broad SMARTS) is 2. The zero-order valence-corrected chi connectivity index (χ0v) is 5.57. The summed E-state index contributed by atoms with van der Waals surface area (Å²) in [5.74, 6) is 0. The van der Waals surface area contributed by atoms with Crippen LogP contribution >= 0.6 is 0 Å². The van der Waals surface area contributed by atoms with E-state index in [2.05, 4.69) is 8.37 Å². The average Bonchev–Trinajstić information content (AvgIpc) is 1.53. The van der Waals surface area contributed by atoms with Crippen molar-refractivity contribution in [1.82, 2.24) is 0 Å². The Balaban J connectivity index is 0. The third-order valence-electron chi connectivity index (χ3n) is 0.347. The van der Waals surface area contributed by atoms with Gasteiger partial charge in [-0.2, -0.15) is 0 Å². The zero-order chi connectivity index (χ0) is 9.07. The van der Waals surface area contributed by atoms with Crippen molar-refractivity contribution in [2.45, 2.75) is 0 Å². The number of carbonyl (C=O) groups is 2. The van der Waals surface area contributed by atoms with Gasteiger partial charge in [-0.1, -0.05) is 0 Å². The summed E-state index contributed by atoms with van der Waals surface area (Å²) in [4.78, 5) is 19.0. The minimum atomic E-state index is -4.98. The summed E-state index contributed by atoms with van der Waals surface area (Å²) in [7, 11) is -4.98. The molecule has 66 valence electrons. The van der Waals surface area contributed by atoms with Gasteiger partial charge in [0, 0.05) is 0 Å². The Morgan fingerprint density at radius 2 is 1.25 bits per heavy atom. The Kier molecular flexibility index (Phi) is 6.07. The maximum atomic E-state index is 10.0. The molecule has 0 unspecified atom stereocenters. The van der Waals surface area contributed by atoms with Crippen LogP contribution in [0.3, 0.4) is 0 Å². The van der Waals surface area contributed by atoms with Crippen molar-refractivity contribution < 1.29 is 36.6 Å². The molecule has 0 aliphatic heterocycles. The number of hydrogen-bond acceptors (Lipinski definition) is 6. The quantitative estimate of drug-likeness (QED) is 0.554. The summed E-state index contributed by atoms with van der Waals surface area (Å²) in [6.45, 7) is 0. The molecule has 0 aromatic carbocycles. The normalized spacial score (nSPS) is 9.33. The van der Waals surface area contributed by atoms with Crippen molar-refractivity contribution in [1.29, 1.82) is 0 Å². The number of hydrogen-bond donors (Lipinski definition) is 2. The van der Waals surface area contributed by atoms with Crippen LogP contribution in [0, 0.1) is 0 Å². The molecule has 0 heterocycles. The van der Waals surface area contributed by atoms with E-state index in [1.807, 2.05) is 0 Å². The van der Waals surface area contributed by atoms with Crippen molar-refractivity contribution in [2.75, 3.05) is 0 Å².